The number of methoxy groups -OCH3 is 3. The molecule has 0 radical (unpaired) electrons. The third-order valence-corrected chi connectivity index (χ3v) is 5.97. The number of hydrogen-bond acceptors (Lipinski definition) is 8. The van der Waals surface area contributed by atoms with Crippen molar-refractivity contribution in [3.8, 4) is 40.0 Å². The SMILES string of the molecule is COc1cc(-c2cc(COc3ccc4c(c3)OC(c3ccccc3)CC4=O)on2)cc(OC)c1OC. The Balaban J connectivity index is 1.31. The molecule has 1 aliphatic rings. The van der Waals surface area contributed by atoms with E-state index in [9.17, 15) is 4.79 Å². The van der Waals surface area contributed by atoms with Crippen LogP contribution < -0.4 is 23.7 Å². The van der Waals surface area contributed by atoms with E-state index in [0.29, 0.717) is 52.2 Å². The monoisotopic (exact) mass is 487 g/mol. The predicted octanol–water partition coefficient (Wildman–Crippen LogP) is 5.65. The van der Waals surface area contributed by atoms with Gasteiger partial charge in [0.1, 0.15) is 29.9 Å². The Morgan fingerprint density at radius 3 is 2.36 bits per heavy atom. The molecule has 0 saturated carbocycles. The predicted molar refractivity (Wildman–Crippen MR) is 131 cm³/mol. The third-order valence-electron chi connectivity index (χ3n) is 5.97. The molecule has 184 valence electrons. The maximum Gasteiger partial charge on any atom is 0.203 e. The van der Waals surface area contributed by atoms with Crippen molar-refractivity contribution in [1.82, 2.24) is 5.16 Å². The largest absolute Gasteiger partial charge is 0.493 e. The fourth-order valence-corrected chi connectivity index (χ4v) is 4.15. The molecule has 4 aromatic rings. The van der Waals surface area contributed by atoms with Crippen molar-refractivity contribution in [2.75, 3.05) is 21.3 Å². The Labute approximate surface area is 208 Å². The van der Waals surface area contributed by atoms with Crippen LogP contribution in [0.5, 0.6) is 28.7 Å². The molecule has 0 fully saturated rings. The highest BCUT2D eigenvalue weighted by Crippen LogP contribution is 2.41. The smallest absolute Gasteiger partial charge is 0.203 e. The van der Waals surface area contributed by atoms with Crippen LogP contribution in [0.1, 0.15) is 34.2 Å². The van der Waals surface area contributed by atoms with E-state index >= 15 is 0 Å². The minimum Gasteiger partial charge on any atom is -0.493 e. The minimum absolute atomic E-state index is 0.0434. The maximum absolute atomic E-state index is 12.7. The van der Waals surface area contributed by atoms with Crippen LogP contribution in [-0.4, -0.2) is 32.3 Å². The van der Waals surface area contributed by atoms with Crippen molar-refractivity contribution < 1.29 is 33.0 Å². The van der Waals surface area contributed by atoms with E-state index in [4.69, 9.17) is 28.2 Å². The molecule has 0 saturated heterocycles. The lowest BCUT2D eigenvalue weighted by Gasteiger charge is -2.25. The zero-order chi connectivity index (χ0) is 25.1. The van der Waals surface area contributed by atoms with E-state index in [1.54, 1.807) is 57.7 Å². The normalized spacial score (nSPS) is 14.5. The first-order valence-corrected chi connectivity index (χ1v) is 11.4. The summed E-state index contributed by atoms with van der Waals surface area (Å²) in [5.74, 6) is 3.17. The van der Waals surface area contributed by atoms with Crippen molar-refractivity contribution in [2.24, 2.45) is 0 Å². The lowest BCUT2D eigenvalue weighted by Crippen LogP contribution is -2.20. The minimum atomic E-state index is -0.322. The van der Waals surface area contributed by atoms with Crippen molar-refractivity contribution in [1.29, 1.82) is 0 Å². The molecule has 3 aromatic carbocycles. The van der Waals surface area contributed by atoms with Crippen LogP contribution in [0.4, 0.5) is 0 Å². The van der Waals surface area contributed by atoms with Gasteiger partial charge in [-0.3, -0.25) is 4.79 Å². The topological polar surface area (TPSA) is 89.3 Å². The summed E-state index contributed by atoms with van der Waals surface area (Å²) in [5, 5.41) is 4.15. The summed E-state index contributed by atoms with van der Waals surface area (Å²) in [6, 6.07) is 20.3. The molecule has 0 aliphatic carbocycles. The number of fused-ring (bicyclic) bond motifs is 1. The van der Waals surface area contributed by atoms with E-state index in [0.717, 1.165) is 11.1 Å². The summed E-state index contributed by atoms with van der Waals surface area (Å²) in [6.07, 6.45) is -0.0179. The lowest BCUT2D eigenvalue weighted by molar-refractivity contribution is 0.0849. The molecule has 1 atom stereocenters. The highest BCUT2D eigenvalue weighted by Gasteiger charge is 2.28. The van der Waals surface area contributed by atoms with Gasteiger partial charge in [0.25, 0.3) is 0 Å². The van der Waals surface area contributed by atoms with Crippen LogP contribution in [0, 0.1) is 0 Å². The van der Waals surface area contributed by atoms with Gasteiger partial charge >= 0.3 is 0 Å². The zero-order valence-electron chi connectivity index (χ0n) is 20.1. The summed E-state index contributed by atoms with van der Waals surface area (Å²) in [4.78, 5) is 12.7. The number of Topliss-reactive ketones (excluding diaryl/α,β-unsaturated/α-hetero) is 1. The molecule has 36 heavy (non-hydrogen) atoms. The highest BCUT2D eigenvalue weighted by molar-refractivity contribution is 6.00. The van der Waals surface area contributed by atoms with Gasteiger partial charge in [-0.1, -0.05) is 35.5 Å². The van der Waals surface area contributed by atoms with Gasteiger partial charge in [-0.05, 0) is 29.8 Å². The second kappa shape index (κ2) is 10.0. The van der Waals surface area contributed by atoms with Gasteiger partial charge in [0.05, 0.1) is 33.3 Å². The van der Waals surface area contributed by atoms with E-state index in [1.165, 1.54) is 0 Å². The van der Waals surface area contributed by atoms with E-state index in [1.807, 2.05) is 30.3 Å². The second-order valence-corrected chi connectivity index (χ2v) is 8.18. The molecule has 0 amide bonds. The third kappa shape index (κ3) is 4.57. The lowest BCUT2D eigenvalue weighted by atomic mass is 9.96. The van der Waals surface area contributed by atoms with Crippen LogP contribution in [0.15, 0.2) is 71.3 Å². The first-order chi connectivity index (χ1) is 17.6. The van der Waals surface area contributed by atoms with Gasteiger partial charge in [-0.25, -0.2) is 0 Å². The number of benzene rings is 3. The maximum atomic E-state index is 12.7. The first-order valence-electron chi connectivity index (χ1n) is 11.4. The van der Waals surface area contributed by atoms with Gasteiger partial charge in [0, 0.05) is 17.7 Å². The van der Waals surface area contributed by atoms with Gasteiger partial charge in [0.15, 0.2) is 23.0 Å². The quantitative estimate of drug-likeness (QED) is 0.315. The standard InChI is InChI=1S/C28H25NO7/c1-31-26-11-18(12-27(32-2)28(26)33-3)22-13-20(36-29-22)16-34-19-9-10-21-23(30)15-24(35-25(21)14-19)17-7-5-4-6-8-17/h4-14,24H,15-16H2,1-3H3. The molecule has 1 unspecified atom stereocenters. The number of ketones is 1. The van der Waals surface area contributed by atoms with Gasteiger partial charge in [0.2, 0.25) is 5.75 Å². The zero-order valence-corrected chi connectivity index (χ0v) is 20.1. The fourth-order valence-electron chi connectivity index (χ4n) is 4.15. The van der Waals surface area contributed by atoms with E-state index < -0.39 is 0 Å². The summed E-state index contributed by atoms with van der Waals surface area (Å²) in [7, 11) is 4.66. The average molecular weight is 488 g/mol. The van der Waals surface area contributed by atoms with Crippen LogP contribution in [0.2, 0.25) is 0 Å². The van der Waals surface area contributed by atoms with Gasteiger partial charge in [-0.2, -0.15) is 0 Å². The Kier molecular flexibility index (Phi) is 6.49. The Morgan fingerprint density at radius 1 is 0.917 bits per heavy atom. The number of ether oxygens (including phenoxy) is 5. The Morgan fingerprint density at radius 2 is 1.67 bits per heavy atom. The number of carbonyl (C=O) groups excluding carboxylic acids is 1. The molecule has 0 N–H and O–H groups in total. The van der Waals surface area contributed by atoms with Crippen molar-refractivity contribution in [3.63, 3.8) is 0 Å². The molecule has 0 bridgehead atoms. The highest BCUT2D eigenvalue weighted by atomic mass is 16.5. The van der Waals surface area contributed by atoms with Crippen LogP contribution in [-0.2, 0) is 6.61 Å². The van der Waals surface area contributed by atoms with Crippen LogP contribution in [0.25, 0.3) is 11.3 Å². The summed E-state index contributed by atoms with van der Waals surface area (Å²) in [6.45, 7) is 0.145. The van der Waals surface area contributed by atoms with Crippen molar-refractivity contribution in [2.45, 2.75) is 19.1 Å². The molecular weight excluding hydrogens is 462 g/mol. The van der Waals surface area contributed by atoms with Crippen LogP contribution >= 0.6 is 0 Å². The summed E-state index contributed by atoms with van der Waals surface area (Å²) in [5.41, 5.74) is 2.85. The summed E-state index contributed by atoms with van der Waals surface area (Å²) >= 11 is 0. The van der Waals surface area contributed by atoms with Crippen LogP contribution in [0.3, 0.4) is 0 Å². The van der Waals surface area contributed by atoms with Crippen molar-refractivity contribution in [3.05, 3.63) is 83.6 Å². The molecule has 1 aromatic heterocycles. The van der Waals surface area contributed by atoms with E-state index in [-0.39, 0.29) is 18.5 Å². The molecule has 5 rings (SSSR count). The number of hydrogen-bond donors (Lipinski definition) is 0. The second-order valence-electron chi connectivity index (χ2n) is 8.18. The van der Waals surface area contributed by atoms with Gasteiger partial charge in [-0.15, -0.1) is 0 Å². The molecule has 1 aliphatic heterocycles. The molecule has 2 heterocycles. The Bertz CT molecular complexity index is 1350. The molecule has 8 heteroatoms. The number of aromatic nitrogens is 1. The number of nitrogens with zero attached hydrogens (tertiary/aromatic N) is 1. The first kappa shape index (κ1) is 23.3. The summed E-state index contributed by atoms with van der Waals surface area (Å²) < 4.78 is 33.7. The molecule has 8 nitrogen and oxygen atoms in total. The molecule has 0 spiro atoms. The molecular formula is C28H25NO7. The fraction of sp³-hybridized carbons (Fsp3) is 0.214. The van der Waals surface area contributed by atoms with E-state index in [2.05, 4.69) is 5.16 Å². The Hall–Kier alpha value is -4.46. The number of carbonyl (C=O) groups is 1. The van der Waals surface area contributed by atoms with Gasteiger partial charge < -0.3 is 28.2 Å². The van der Waals surface area contributed by atoms with Crippen molar-refractivity contribution >= 4 is 5.78 Å². The number of rotatable bonds is 8. The average Bonchev–Trinajstić information content (AvgIpc) is 3.40.